The van der Waals surface area contributed by atoms with Crippen molar-refractivity contribution >= 4 is 0 Å². The second-order valence-electron chi connectivity index (χ2n) is 4.85. The SMILES string of the molecule is CNC(c1ccc(F)cc1C)c1cc(C)c(F)cc1F. The van der Waals surface area contributed by atoms with Gasteiger partial charge in [-0.1, -0.05) is 6.07 Å². The number of nitrogens with one attached hydrogen (secondary N) is 1. The molecular formula is C16H16F3N. The summed E-state index contributed by atoms with van der Waals surface area (Å²) in [7, 11) is 1.69. The first-order chi connectivity index (χ1) is 9.43. The molecule has 0 bridgehead atoms. The average Bonchev–Trinajstić information content (AvgIpc) is 2.38. The molecule has 1 nitrogen and oxygen atoms in total. The van der Waals surface area contributed by atoms with Gasteiger partial charge in [-0.3, -0.25) is 0 Å². The van der Waals surface area contributed by atoms with Crippen LogP contribution in [0.5, 0.6) is 0 Å². The van der Waals surface area contributed by atoms with Crippen molar-refractivity contribution in [3.8, 4) is 0 Å². The van der Waals surface area contributed by atoms with Crippen LogP contribution in [0.15, 0.2) is 30.3 Å². The first-order valence-electron chi connectivity index (χ1n) is 6.33. The molecule has 1 unspecified atom stereocenters. The normalized spacial score (nSPS) is 12.5. The van der Waals surface area contributed by atoms with E-state index in [0.717, 1.165) is 11.6 Å². The molecule has 1 atom stereocenters. The van der Waals surface area contributed by atoms with Gasteiger partial charge in [0.15, 0.2) is 0 Å². The summed E-state index contributed by atoms with van der Waals surface area (Å²) in [6, 6.07) is 6.26. The van der Waals surface area contributed by atoms with E-state index in [9.17, 15) is 13.2 Å². The van der Waals surface area contributed by atoms with Crippen molar-refractivity contribution in [3.63, 3.8) is 0 Å². The Morgan fingerprint density at radius 2 is 1.55 bits per heavy atom. The number of hydrogen-bond acceptors (Lipinski definition) is 1. The molecule has 0 spiro atoms. The minimum absolute atomic E-state index is 0.336. The maximum Gasteiger partial charge on any atom is 0.131 e. The van der Waals surface area contributed by atoms with Gasteiger partial charge >= 0.3 is 0 Å². The van der Waals surface area contributed by atoms with Crippen LogP contribution in [0.1, 0.15) is 28.3 Å². The van der Waals surface area contributed by atoms with Gasteiger partial charge in [0.2, 0.25) is 0 Å². The van der Waals surface area contributed by atoms with Crippen molar-refractivity contribution in [1.82, 2.24) is 5.32 Å². The topological polar surface area (TPSA) is 12.0 Å². The highest BCUT2D eigenvalue weighted by Gasteiger charge is 2.19. The zero-order chi connectivity index (χ0) is 14.9. The van der Waals surface area contributed by atoms with Crippen molar-refractivity contribution in [3.05, 3.63) is 70.0 Å². The smallest absolute Gasteiger partial charge is 0.131 e. The molecule has 0 saturated carbocycles. The Balaban J connectivity index is 2.55. The van der Waals surface area contributed by atoms with Crippen molar-refractivity contribution in [2.75, 3.05) is 7.05 Å². The van der Waals surface area contributed by atoms with Crippen LogP contribution < -0.4 is 5.32 Å². The summed E-state index contributed by atoms with van der Waals surface area (Å²) in [6.45, 7) is 3.35. The van der Waals surface area contributed by atoms with Gasteiger partial charge in [0.1, 0.15) is 17.5 Å². The van der Waals surface area contributed by atoms with Crippen LogP contribution in [-0.2, 0) is 0 Å². The lowest BCUT2D eigenvalue weighted by atomic mass is 9.93. The summed E-state index contributed by atoms with van der Waals surface area (Å²) in [5, 5.41) is 3.00. The molecule has 4 heteroatoms. The fourth-order valence-corrected chi connectivity index (χ4v) is 2.34. The van der Waals surface area contributed by atoms with Crippen LogP contribution >= 0.6 is 0 Å². The van der Waals surface area contributed by atoms with Crippen molar-refractivity contribution in [2.24, 2.45) is 0 Å². The Bertz CT molecular complexity index is 638. The van der Waals surface area contributed by atoms with E-state index in [0.29, 0.717) is 16.7 Å². The standard InChI is InChI=1S/C16H16F3N/c1-9-6-11(17)4-5-12(9)16(20-3)13-7-10(2)14(18)8-15(13)19/h4-8,16,20H,1-3H3. The molecule has 0 heterocycles. The molecule has 0 aliphatic carbocycles. The van der Waals surface area contributed by atoms with Crippen molar-refractivity contribution < 1.29 is 13.2 Å². The van der Waals surface area contributed by atoms with Crippen molar-refractivity contribution in [1.29, 1.82) is 0 Å². The Hall–Kier alpha value is -1.81. The summed E-state index contributed by atoms with van der Waals surface area (Å²) in [5.74, 6) is -1.52. The molecule has 2 rings (SSSR count). The van der Waals surface area contributed by atoms with E-state index >= 15 is 0 Å². The maximum atomic E-state index is 14.0. The highest BCUT2D eigenvalue weighted by Crippen LogP contribution is 2.28. The van der Waals surface area contributed by atoms with Gasteiger partial charge < -0.3 is 5.32 Å². The third-order valence-electron chi connectivity index (χ3n) is 3.42. The lowest BCUT2D eigenvalue weighted by Crippen LogP contribution is -2.20. The first-order valence-corrected chi connectivity index (χ1v) is 6.33. The quantitative estimate of drug-likeness (QED) is 0.894. The molecule has 2 aromatic rings. The highest BCUT2D eigenvalue weighted by atomic mass is 19.1. The Kier molecular flexibility index (Phi) is 4.14. The van der Waals surface area contributed by atoms with E-state index in [1.54, 1.807) is 27.0 Å². The molecule has 0 saturated heterocycles. The molecule has 0 fully saturated rings. The van der Waals surface area contributed by atoms with E-state index in [4.69, 9.17) is 0 Å². The molecule has 20 heavy (non-hydrogen) atoms. The maximum absolute atomic E-state index is 14.0. The first kappa shape index (κ1) is 14.6. The molecule has 0 aromatic heterocycles. The molecule has 106 valence electrons. The summed E-state index contributed by atoms with van der Waals surface area (Å²) in [6.07, 6.45) is 0. The third-order valence-corrected chi connectivity index (χ3v) is 3.42. The number of rotatable bonds is 3. The number of hydrogen-bond donors (Lipinski definition) is 1. The predicted molar refractivity (Wildman–Crippen MR) is 73.1 cm³/mol. The molecule has 0 amide bonds. The highest BCUT2D eigenvalue weighted by molar-refractivity contribution is 5.39. The molecule has 0 aliphatic heterocycles. The molecule has 1 N–H and O–H groups in total. The van der Waals surface area contributed by atoms with Crippen LogP contribution in [0.2, 0.25) is 0 Å². The lowest BCUT2D eigenvalue weighted by Gasteiger charge is -2.20. The van der Waals surface area contributed by atoms with E-state index in [1.807, 2.05) is 0 Å². The summed E-state index contributed by atoms with van der Waals surface area (Å²) in [4.78, 5) is 0. The van der Waals surface area contributed by atoms with E-state index in [2.05, 4.69) is 5.32 Å². The zero-order valence-electron chi connectivity index (χ0n) is 11.6. The molecule has 0 radical (unpaired) electrons. The molecule has 2 aromatic carbocycles. The summed E-state index contributed by atoms with van der Waals surface area (Å²) >= 11 is 0. The number of aryl methyl sites for hydroxylation is 2. The largest absolute Gasteiger partial charge is 0.309 e. The summed E-state index contributed by atoms with van der Waals surface area (Å²) in [5.41, 5.74) is 2.20. The monoisotopic (exact) mass is 279 g/mol. The van der Waals surface area contributed by atoms with Crippen LogP contribution in [0.4, 0.5) is 13.2 Å². The van der Waals surface area contributed by atoms with Gasteiger partial charge in [-0.2, -0.15) is 0 Å². The van der Waals surface area contributed by atoms with Crippen LogP contribution in [0.25, 0.3) is 0 Å². The zero-order valence-corrected chi connectivity index (χ0v) is 11.6. The molecule has 0 aliphatic rings. The van der Waals surface area contributed by atoms with Gasteiger partial charge in [0, 0.05) is 11.6 Å². The lowest BCUT2D eigenvalue weighted by molar-refractivity contribution is 0.546. The van der Waals surface area contributed by atoms with Gasteiger partial charge in [-0.15, -0.1) is 0 Å². The Morgan fingerprint density at radius 3 is 2.15 bits per heavy atom. The summed E-state index contributed by atoms with van der Waals surface area (Å²) < 4.78 is 40.5. The fourth-order valence-electron chi connectivity index (χ4n) is 2.34. The van der Waals surface area contributed by atoms with Gasteiger partial charge in [-0.25, -0.2) is 13.2 Å². The van der Waals surface area contributed by atoms with Crippen LogP contribution in [0.3, 0.4) is 0 Å². The minimum Gasteiger partial charge on any atom is -0.309 e. The average molecular weight is 279 g/mol. The second kappa shape index (κ2) is 5.67. The Labute approximate surface area is 116 Å². The fraction of sp³-hybridized carbons (Fsp3) is 0.250. The number of benzene rings is 2. The van der Waals surface area contributed by atoms with E-state index in [1.165, 1.54) is 18.2 Å². The van der Waals surface area contributed by atoms with Crippen LogP contribution in [0, 0.1) is 31.3 Å². The van der Waals surface area contributed by atoms with E-state index < -0.39 is 17.7 Å². The van der Waals surface area contributed by atoms with Crippen molar-refractivity contribution in [2.45, 2.75) is 19.9 Å². The predicted octanol–water partition coefficient (Wildman–Crippen LogP) is 4.03. The van der Waals surface area contributed by atoms with Gasteiger partial charge in [0.25, 0.3) is 0 Å². The van der Waals surface area contributed by atoms with Gasteiger partial charge in [0.05, 0.1) is 6.04 Å². The van der Waals surface area contributed by atoms with Gasteiger partial charge in [-0.05, 0) is 55.8 Å². The second-order valence-corrected chi connectivity index (χ2v) is 4.85. The van der Waals surface area contributed by atoms with Crippen LogP contribution in [-0.4, -0.2) is 7.05 Å². The van der Waals surface area contributed by atoms with E-state index in [-0.39, 0.29) is 5.82 Å². The minimum atomic E-state index is -0.615. The molecular weight excluding hydrogens is 263 g/mol. The Morgan fingerprint density at radius 1 is 0.850 bits per heavy atom. The number of halogens is 3. The third kappa shape index (κ3) is 2.70.